The van der Waals surface area contributed by atoms with Crippen LogP contribution in [0.2, 0.25) is 0 Å². The van der Waals surface area contributed by atoms with Gasteiger partial charge in [0, 0.05) is 5.69 Å². The summed E-state index contributed by atoms with van der Waals surface area (Å²) < 4.78 is 4.92. The van der Waals surface area contributed by atoms with Gasteiger partial charge in [0.2, 0.25) is 0 Å². The molecule has 2 rings (SSSR count). The highest BCUT2D eigenvalue weighted by Crippen LogP contribution is 2.00. The predicted molar refractivity (Wildman–Crippen MR) is 65.9 cm³/mol. The molecule has 1 heterocycles. The fourth-order valence-corrected chi connectivity index (χ4v) is 1.02. The maximum atomic E-state index is 6.96. The minimum Gasteiger partial charge on any atom is -0.486 e. The Kier molecular flexibility index (Phi) is 4.66. The second-order valence-corrected chi connectivity index (χ2v) is 3.14. The van der Waals surface area contributed by atoms with Crippen molar-refractivity contribution < 1.29 is 4.74 Å². The van der Waals surface area contributed by atoms with E-state index in [1.807, 2.05) is 30.3 Å². The molecule has 84 valence electrons. The summed E-state index contributed by atoms with van der Waals surface area (Å²) in [5, 5.41) is 6.96. The van der Waals surface area contributed by atoms with Crippen LogP contribution in [-0.2, 0) is 4.74 Å². The highest BCUT2D eigenvalue weighted by atomic mass is 16.5. The van der Waals surface area contributed by atoms with Crippen LogP contribution in [0.25, 0.3) is 0 Å². The summed E-state index contributed by atoms with van der Waals surface area (Å²) >= 11 is 0. The molecule has 0 radical (unpaired) electrons. The van der Waals surface area contributed by atoms with Gasteiger partial charge in [-0.3, -0.25) is 5.41 Å². The van der Waals surface area contributed by atoms with E-state index in [2.05, 4.69) is 0 Å². The van der Waals surface area contributed by atoms with Crippen LogP contribution < -0.4 is 11.5 Å². The highest BCUT2D eigenvalue weighted by Gasteiger charge is 2.07. The van der Waals surface area contributed by atoms with E-state index in [0.717, 1.165) is 5.69 Å². The lowest BCUT2D eigenvalue weighted by Gasteiger charge is -2.11. The van der Waals surface area contributed by atoms with Crippen molar-refractivity contribution in [1.29, 1.82) is 5.41 Å². The number of nitrogens with one attached hydrogen (secondary N) is 1. The van der Waals surface area contributed by atoms with E-state index in [-0.39, 0.29) is 11.9 Å². The van der Waals surface area contributed by atoms with E-state index >= 15 is 0 Å². The quantitative estimate of drug-likeness (QED) is 0.380. The zero-order chi connectivity index (χ0) is 11.8. The molecule has 0 aromatic heterocycles. The molecule has 1 aliphatic heterocycles. The number of allylic oxidation sites excluding steroid dienone is 2. The molecule has 0 saturated heterocycles. The van der Waals surface area contributed by atoms with Crippen LogP contribution in [0.1, 0.15) is 0 Å². The van der Waals surface area contributed by atoms with E-state index in [9.17, 15) is 0 Å². The lowest BCUT2D eigenvalue weighted by molar-refractivity contribution is 0.237. The first-order valence-corrected chi connectivity index (χ1v) is 4.83. The van der Waals surface area contributed by atoms with Gasteiger partial charge in [-0.25, -0.2) is 0 Å². The molecule has 16 heavy (non-hydrogen) atoms. The Hall–Kier alpha value is -2.23. The van der Waals surface area contributed by atoms with Crippen LogP contribution in [0.5, 0.6) is 0 Å². The van der Waals surface area contributed by atoms with Crippen LogP contribution in [0, 0.1) is 5.41 Å². The molecule has 4 nitrogen and oxygen atoms in total. The zero-order valence-corrected chi connectivity index (χ0v) is 8.84. The third-order valence-electron chi connectivity index (χ3n) is 1.81. The number of benzene rings is 1. The smallest absolute Gasteiger partial charge is 0.172 e. The molecule has 4 heteroatoms. The number of amidine groups is 1. The first kappa shape index (κ1) is 11.8. The summed E-state index contributed by atoms with van der Waals surface area (Å²) in [6.45, 7) is 0. The van der Waals surface area contributed by atoms with Gasteiger partial charge in [0.1, 0.15) is 5.84 Å². The maximum absolute atomic E-state index is 6.96. The van der Waals surface area contributed by atoms with Crippen LogP contribution in [0.4, 0.5) is 5.69 Å². The van der Waals surface area contributed by atoms with Gasteiger partial charge in [0.15, 0.2) is 6.10 Å². The molecule has 1 unspecified atom stereocenters. The molecule has 0 amide bonds. The average Bonchev–Trinajstić information content (AvgIpc) is 2.32. The zero-order valence-electron chi connectivity index (χ0n) is 8.84. The van der Waals surface area contributed by atoms with Gasteiger partial charge in [0.25, 0.3) is 0 Å². The number of ether oxygens (including phenoxy) is 1. The van der Waals surface area contributed by atoms with Crippen molar-refractivity contribution in [2.45, 2.75) is 6.10 Å². The number of hydrogen-bond donors (Lipinski definition) is 3. The molecule has 0 fully saturated rings. The van der Waals surface area contributed by atoms with Gasteiger partial charge in [0.05, 0.1) is 6.26 Å². The van der Waals surface area contributed by atoms with Crippen molar-refractivity contribution in [2.75, 3.05) is 5.73 Å². The molecule has 5 N–H and O–H groups in total. The van der Waals surface area contributed by atoms with Gasteiger partial charge < -0.3 is 16.2 Å². The molecule has 1 atom stereocenters. The number of rotatable bonds is 1. The predicted octanol–water partition coefficient (Wildman–Crippen LogP) is 1.66. The number of hydrogen-bond acceptors (Lipinski definition) is 3. The normalized spacial score (nSPS) is 16.9. The number of para-hydroxylation sites is 1. The van der Waals surface area contributed by atoms with Crippen molar-refractivity contribution in [2.24, 2.45) is 5.73 Å². The van der Waals surface area contributed by atoms with Crippen LogP contribution in [-0.4, -0.2) is 11.9 Å². The Morgan fingerprint density at radius 1 is 1.19 bits per heavy atom. The lowest BCUT2D eigenvalue weighted by atomic mass is 10.3. The average molecular weight is 217 g/mol. The molecule has 1 aromatic rings. The molecule has 0 saturated carbocycles. The van der Waals surface area contributed by atoms with Crippen molar-refractivity contribution in [3.8, 4) is 0 Å². The lowest BCUT2D eigenvalue weighted by Crippen LogP contribution is -2.27. The molecule has 0 spiro atoms. The van der Waals surface area contributed by atoms with Crippen LogP contribution in [0.15, 0.2) is 54.8 Å². The summed E-state index contributed by atoms with van der Waals surface area (Å²) in [5.41, 5.74) is 11.3. The Morgan fingerprint density at radius 2 is 1.88 bits per heavy atom. The minimum absolute atomic E-state index is 0.0376. The van der Waals surface area contributed by atoms with Crippen molar-refractivity contribution in [3.63, 3.8) is 0 Å². The largest absolute Gasteiger partial charge is 0.486 e. The van der Waals surface area contributed by atoms with Gasteiger partial charge >= 0.3 is 0 Å². The molecule has 1 aliphatic rings. The summed E-state index contributed by atoms with van der Waals surface area (Å²) in [5.74, 6) is 0.0376. The van der Waals surface area contributed by atoms with E-state index in [0.29, 0.717) is 0 Å². The van der Waals surface area contributed by atoms with Crippen LogP contribution >= 0.6 is 0 Å². The Labute approximate surface area is 94.7 Å². The summed E-state index contributed by atoms with van der Waals surface area (Å²) in [4.78, 5) is 0. The standard InChI is InChI=1S/C6H8N2O.C6H7N/c7-6(8)5-3-1-2-4-9-5;7-6-4-2-1-3-5-6/h1-5H,(H3,7,8);1-5H,7H2. The first-order chi connectivity index (χ1) is 7.70. The SMILES string of the molecule is N=C(N)C1C=CC=CO1.Nc1ccccc1. The maximum Gasteiger partial charge on any atom is 0.172 e. The van der Waals surface area contributed by atoms with Gasteiger partial charge in [-0.05, 0) is 24.3 Å². The molecular weight excluding hydrogens is 202 g/mol. The second-order valence-electron chi connectivity index (χ2n) is 3.14. The van der Waals surface area contributed by atoms with E-state index in [4.69, 9.17) is 21.6 Å². The fourth-order valence-electron chi connectivity index (χ4n) is 1.02. The fraction of sp³-hybridized carbons (Fsp3) is 0.0833. The molecule has 0 bridgehead atoms. The summed E-state index contributed by atoms with van der Waals surface area (Å²) in [7, 11) is 0. The van der Waals surface area contributed by atoms with E-state index in [1.54, 1.807) is 18.2 Å². The number of nitrogen functional groups attached to an aromatic ring is 1. The Morgan fingerprint density at radius 3 is 2.19 bits per heavy atom. The van der Waals surface area contributed by atoms with Gasteiger partial charge in [-0.15, -0.1) is 0 Å². The second kappa shape index (κ2) is 6.29. The van der Waals surface area contributed by atoms with Gasteiger partial charge in [-0.2, -0.15) is 0 Å². The third kappa shape index (κ3) is 4.32. The van der Waals surface area contributed by atoms with Crippen LogP contribution in [0.3, 0.4) is 0 Å². The number of anilines is 1. The van der Waals surface area contributed by atoms with Gasteiger partial charge in [-0.1, -0.05) is 24.3 Å². The first-order valence-electron chi connectivity index (χ1n) is 4.83. The molecular formula is C12H15N3O. The summed E-state index contributed by atoms with van der Waals surface area (Å²) in [6, 6.07) is 9.49. The topological polar surface area (TPSA) is 85.1 Å². The Balaban J connectivity index is 0.000000165. The summed E-state index contributed by atoms with van der Waals surface area (Å²) in [6.07, 6.45) is 6.44. The van der Waals surface area contributed by atoms with E-state index in [1.165, 1.54) is 6.26 Å². The van der Waals surface area contributed by atoms with Crippen molar-refractivity contribution in [1.82, 2.24) is 0 Å². The van der Waals surface area contributed by atoms with Crippen molar-refractivity contribution in [3.05, 3.63) is 54.8 Å². The minimum atomic E-state index is -0.352. The number of nitrogens with two attached hydrogens (primary N) is 2. The third-order valence-corrected chi connectivity index (χ3v) is 1.81. The Bertz CT molecular complexity index is 385. The highest BCUT2D eigenvalue weighted by molar-refractivity contribution is 5.83. The van der Waals surface area contributed by atoms with E-state index < -0.39 is 0 Å². The molecule has 0 aliphatic carbocycles. The monoisotopic (exact) mass is 217 g/mol. The van der Waals surface area contributed by atoms with Crippen molar-refractivity contribution >= 4 is 11.5 Å². The molecule has 1 aromatic carbocycles.